The van der Waals surface area contributed by atoms with Crippen molar-refractivity contribution in [2.24, 2.45) is 16.8 Å². The number of hydrogen-bond acceptors (Lipinski definition) is 4. The maximum atomic E-state index is 12.9. The molecule has 0 aromatic carbocycles. The van der Waals surface area contributed by atoms with Crippen LogP contribution < -0.4 is 0 Å². The molecule has 0 spiro atoms. The molecule has 2 heterocycles. The Bertz CT molecular complexity index is 629. The summed E-state index contributed by atoms with van der Waals surface area (Å²) in [7, 11) is 0. The van der Waals surface area contributed by atoms with Crippen LogP contribution in [-0.2, 0) is 14.3 Å². The first-order valence-electron chi connectivity index (χ1n) is 7.78. The van der Waals surface area contributed by atoms with Crippen LogP contribution in [0.5, 0.6) is 0 Å². The predicted molar refractivity (Wildman–Crippen MR) is 85.0 cm³/mol. The van der Waals surface area contributed by atoms with E-state index < -0.39 is 5.92 Å². The number of nitrogens with zero attached hydrogens (tertiary/aromatic N) is 2. The Morgan fingerprint density at radius 3 is 2.73 bits per heavy atom. The van der Waals surface area contributed by atoms with Crippen LogP contribution in [0.2, 0.25) is 0 Å². The molecule has 5 nitrogen and oxygen atoms in total. The number of hydrogen-bond donors (Lipinski definition) is 0. The summed E-state index contributed by atoms with van der Waals surface area (Å²) < 4.78 is 10.7. The fraction of sp³-hybridized carbons (Fsp3) is 0.562. The fourth-order valence-electron chi connectivity index (χ4n) is 3.55. The third-order valence-electron chi connectivity index (χ3n) is 4.87. The molecule has 0 bridgehead atoms. The molecule has 4 rings (SSSR count). The molecule has 2 aliphatic heterocycles. The van der Waals surface area contributed by atoms with Crippen LogP contribution >= 0.6 is 12.2 Å². The van der Waals surface area contributed by atoms with E-state index in [9.17, 15) is 4.79 Å². The van der Waals surface area contributed by atoms with Crippen LogP contribution in [-0.4, -0.2) is 34.5 Å². The summed E-state index contributed by atoms with van der Waals surface area (Å²) in [4.78, 5) is 19.2. The Balaban J connectivity index is 1.63. The number of ether oxygens (including phenoxy) is 2. The SMILES string of the molecule is CC1CCC(N2C(=O)C3C=C4OCOC4=CC3=NC2=S)CC1. The lowest BCUT2D eigenvalue weighted by atomic mass is 9.85. The largest absolute Gasteiger partial charge is 0.454 e. The highest BCUT2D eigenvalue weighted by molar-refractivity contribution is 7.80. The summed E-state index contributed by atoms with van der Waals surface area (Å²) in [5.41, 5.74) is 0.666. The molecule has 116 valence electrons. The van der Waals surface area contributed by atoms with Gasteiger partial charge in [0, 0.05) is 12.1 Å². The number of carbonyl (C=O) groups is 1. The van der Waals surface area contributed by atoms with Gasteiger partial charge >= 0.3 is 0 Å². The molecule has 1 saturated carbocycles. The molecule has 1 unspecified atom stereocenters. The zero-order valence-electron chi connectivity index (χ0n) is 12.4. The zero-order valence-corrected chi connectivity index (χ0v) is 13.3. The molecule has 6 heteroatoms. The molecule has 4 aliphatic rings. The Morgan fingerprint density at radius 1 is 1.23 bits per heavy atom. The van der Waals surface area contributed by atoms with Gasteiger partial charge < -0.3 is 9.47 Å². The van der Waals surface area contributed by atoms with E-state index >= 15 is 0 Å². The average Bonchev–Trinajstić information content (AvgIpc) is 2.95. The molecule has 2 fully saturated rings. The van der Waals surface area contributed by atoms with Gasteiger partial charge in [0.1, 0.15) is 5.92 Å². The van der Waals surface area contributed by atoms with Crippen LogP contribution in [0.1, 0.15) is 32.6 Å². The van der Waals surface area contributed by atoms with E-state index in [0.29, 0.717) is 22.3 Å². The molecule has 22 heavy (non-hydrogen) atoms. The number of thiocarbonyl (C=S) groups is 1. The molecule has 1 amide bonds. The van der Waals surface area contributed by atoms with Gasteiger partial charge in [0.05, 0.1) is 5.71 Å². The van der Waals surface area contributed by atoms with Crippen molar-refractivity contribution in [3.05, 3.63) is 23.7 Å². The lowest BCUT2D eigenvalue weighted by Crippen LogP contribution is -2.52. The first-order chi connectivity index (χ1) is 10.6. The zero-order chi connectivity index (χ0) is 15.3. The molecular weight excluding hydrogens is 300 g/mol. The molecule has 2 aliphatic carbocycles. The van der Waals surface area contributed by atoms with Gasteiger partial charge in [-0.2, -0.15) is 0 Å². The number of carbonyl (C=O) groups excluding carboxylic acids is 1. The minimum Gasteiger partial charge on any atom is -0.454 e. The highest BCUT2D eigenvalue weighted by atomic mass is 32.1. The first-order valence-corrected chi connectivity index (χ1v) is 8.19. The summed E-state index contributed by atoms with van der Waals surface area (Å²) in [6.45, 7) is 2.46. The number of fused-ring (bicyclic) bond motifs is 2. The summed E-state index contributed by atoms with van der Waals surface area (Å²) in [5, 5.41) is 0.392. The third-order valence-corrected chi connectivity index (χ3v) is 5.16. The summed E-state index contributed by atoms with van der Waals surface area (Å²) in [6, 6.07) is 0.186. The molecule has 0 aromatic rings. The first kappa shape index (κ1) is 13.9. The van der Waals surface area contributed by atoms with Crippen molar-refractivity contribution in [1.82, 2.24) is 4.90 Å². The van der Waals surface area contributed by atoms with Crippen molar-refractivity contribution in [1.29, 1.82) is 0 Å². The normalized spacial score (nSPS) is 34.0. The Kier molecular flexibility index (Phi) is 3.29. The molecule has 1 saturated heterocycles. The van der Waals surface area contributed by atoms with Crippen LogP contribution in [0.15, 0.2) is 28.7 Å². The standard InChI is InChI=1S/C16H18N2O3S/c1-9-2-4-10(5-3-9)18-15(19)11-6-13-14(21-8-20-13)7-12(11)17-16(18)22/h6-7,9-11H,2-5,8H2,1H3. The maximum absolute atomic E-state index is 12.9. The van der Waals surface area contributed by atoms with Crippen molar-refractivity contribution in [2.75, 3.05) is 6.79 Å². The van der Waals surface area contributed by atoms with Crippen molar-refractivity contribution in [3.8, 4) is 0 Å². The van der Waals surface area contributed by atoms with E-state index in [4.69, 9.17) is 21.7 Å². The second-order valence-corrected chi connectivity index (χ2v) is 6.73. The second kappa shape index (κ2) is 5.19. The van der Waals surface area contributed by atoms with Gasteiger partial charge in [0.15, 0.2) is 11.5 Å². The van der Waals surface area contributed by atoms with E-state index in [1.54, 1.807) is 11.0 Å². The van der Waals surface area contributed by atoms with E-state index in [1.807, 2.05) is 6.08 Å². The molecule has 0 radical (unpaired) electrons. The summed E-state index contributed by atoms with van der Waals surface area (Å²) in [6.07, 6.45) is 7.87. The van der Waals surface area contributed by atoms with Gasteiger partial charge in [-0.15, -0.1) is 0 Å². The highest BCUT2D eigenvalue weighted by Gasteiger charge is 2.41. The van der Waals surface area contributed by atoms with E-state index in [0.717, 1.165) is 31.6 Å². The minimum absolute atomic E-state index is 0.0212. The van der Waals surface area contributed by atoms with Crippen LogP contribution in [0.3, 0.4) is 0 Å². The molecule has 0 aromatic heterocycles. The lowest BCUT2D eigenvalue weighted by Gasteiger charge is -2.39. The Labute approximate surface area is 134 Å². The number of aliphatic imine (C=N–C) groups is 1. The molecule has 0 N–H and O–H groups in total. The van der Waals surface area contributed by atoms with Gasteiger partial charge in [-0.05, 0) is 49.9 Å². The second-order valence-electron chi connectivity index (χ2n) is 6.36. The minimum atomic E-state index is -0.397. The van der Waals surface area contributed by atoms with Gasteiger partial charge in [-0.1, -0.05) is 6.92 Å². The Hall–Kier alpha value is -1.69. The van der Waals surface area contributed by atoms with Crippen molar-refractivity contribution >= 4 is 28.9 Å². The van der Waals surface area contributed by atoms with E-state index in [1.165, 1.54) is 0 Å². The third kappa shape index (κ3) is 2.17. The lowest BCUT2D eigenvalue weighted by molar-refractivity contribution is -0.130. The average molecular weight is 318 g/mol. The molecule has 1 atom stereocenters. The topological polar surface area (TPSA) is 51.1 Å². The monoisotopic (exact) mass is 318 g/mol. The van der Waals surface area contributed by atoms with Crippen LogP contribution in [0, 0.1) is 11.8 Å². The van der Waals surface area contributed by atoms with Crippen LogP contribution in [0.4, 0.5) is 0 Å². The van der Waals surface area contributed by atoms with Crippen molar-refractivity contribution in [2.45, 2.75) is 38.6 Å². The predicted octanol–water partition coefficient (Wildman–Crippen LogP) is 2.54. The smallest absolute Gasteiger partial charge is 0.242 e. The Morgan fingerprint density at radius 2 is 1.95 bits per heavy atom. The van der Waals surface area contributed by atoms with E-state index in [2.05, 4.69) is 11.9 Å². The van der Waals surface area contributed by atoms with Gasteiger partial charge in [-0.25, -0.2) is 4.99 Å². The van der Waals surface area contributed by atoms with Gasteiger partial charge in [0.2, 0.25) is 17.8 Å². The number of rotatable bonds is 1. The highest BCUT2D eigenvalue weighted by Crippen LogP contribution is 2.34. The fourth-order valence-corrected chi connectivity index (χ4v) is 3.89. The van der Waals surface area contributed by atoms with Crippen molar-refractivity contribution in [3.63, 3.8) is 0 Å². The number of allylic oxidation sites excluding steroid dienone is 1. The van der Waals surface area contributed by atoms with Gasteiger partial charge in [0.25, 0.3) is 0 Å². The van der Waals surface area contributed by atoms with Crippen LogP contribution in [0.25, 0.3) is 0 Å². The maximum Gasteiger partial charge on any atom is 0.242 e. The molecular formula is C16H18N2O3S. The van der Waals surface area contributed by atoms with Crippen molar-refractivity contribution < 1.29 is 14.3 Å². The van der Waals surface area contributed by atoms with Gasteiger partial charge in [-0.3, -0.25) is 9.69 Å². The van der Waals surface area contributed by atoms with E-state index in [-0.39, 0.29) is 18.7 Å². The summed E-state index contributed by atoms with van der Waals surface area (Å²) >= 11 is 5.40. The summed E-state index contributed by atoms with van der Waals surface area (Å²) in [5.74, 6) is 1.64. The quantitative estimate of drug-likeness (QED) is 0.697. The number of amides is 1.